The van der Waals surface area contributed by atoms with Crippen LogP contribution in [0.2, 0.25) is 0 Å². The van der Waals surface area contributed by atoms with Crippen molar-refractivity contribution in [3.8, 4) is 0 Å². The first-order chi connectivity index (χ1) is 11.7. The lowest BCUT2D eigenvalue weighted by molar-refractivity contribution is -0.132. The van der Waals surface area contributed by atoms with Crippen LogP contribution in [-0.2, 0) is 11.2 Å². The molecule has 5 heteroatoms. The quantitative estimate of drug-likeness (QED) is 0.909. The van der Waals surface area contributed by atoms with Crippen molar-refractivity contribution in [2.75, 3.05) is 26.2 Å². The van der Waals surface area contributed by atoms with E-state index in [1.165, 1.54) is 18.6 Å². The molecule has 2 aliphatic heterocycles. The first-order valence-electron chi connectivity index (χ1n) is 8.95. The monoisotopic (exact) mass is 329 g/mol. The smallest absolute Gasteiger partial charge is 0.227 e. The summed E-state index contributed by atoms with van der Waals surface area (Å²) in [5.41, 5.74) is 1.71. The van der Waals surface area contributed by atoms with E-state index in [0.29, 0.717) is 6.42 Å². The van der Waals surface area contributed by atoms with Crippen molar-refractivity contribution in [3.05, 3.63) is 35.8 Å². The first-order valence-corrected chi connectivity index (χ1v) is 8.95. The minimum absolute atomic E-state index is 0.184. The van der Waals surface area contributed by atoms with Crippen molar-refractivity contribution in [2.24, 2.45) is 11.8 Å². The van der Waals surface area contributed by atoms with Crippen LogP contribution in [0.25, 0.3) is 10.9 Å². The molecule has 2 saturated heterocycles. The molecule has 1 aromatic heterocycles. The molecule has 0 spiro atoms. The number of piperidine rings is 1. The lowest BCUT2D eigenvalue weighted by Gasteiger charge is -2.34. The Morgan fingerprint density at radius 3 is 2.79 bits per heavy atom. The molecule has 0 radical (unpaired) electrons. The van der Waals surface area contributed by atoms with E-state index in [9.17, 15) is 9.18 Å². The molecule has 1 amide bonds. The van der Waals surface area contributed by atoms with Crippen LogP contribution < -0.4 is 5.32 Å². The predicted molar refractivity (Wildman–Crippen MR) is 92.2 cm³/mol. The molecule has 3 heterocycles. The Morgan fingerprint density at radius 1 is 1.21 bits per heavy atom. The number of carbonyl (C=O) groups excluding carboxylic acids is 1. The van der Waals surface area contributed by atoms with Gasteiger partial charge >= 0.3 is 0 Å². The van der Waals surface area contributed by atoms with Crippen LogP contribution in [0.4, 0.5) is 4.39 Å². The fourth-order valence-electron chi connectivity index (χ4n) is 4.28. The number of carbonyl (C=O) groups is 1. The van der Waals surface area contributed by atoms with Crippen LogP contribution in [0.3, 0.4) is 0 Å². The molecular weight excluding hydrogens is 305 g/mol. The predicted octanol–water partition coefficient (Wildman–Crippen LogP) is 2.70. The maximum atomic E-state index is 13.3. The molecule has 2 fully saturated rings. The number of halogens is 1. The third-order valence-corrected chi connectivity index (χ3v) is 5.73. The number of nitrogens with zero attached hydrogens (tertiary/aromatic N) is 1. The van der Waals surface area contributed by atoms with E-state index in [2.05, 4.69) is 10.3 Å². The van der Waals surface area contributed by atoms with Gasteiger partial charge in [0.2, 0.25) is 5.91 Å². The fourth-order valence-corrected chi connectivity index (χ4v) is 4.28. The second kappa shape index (κ2) is 6.55. The normalized spacial score (nSPS) is 22.4. The van der Waals surface area contributed by atoms with Crippen molar-refractivity contribution in [3.63, 3.8) is 0 Å². The van der Waals surface area contributed by atoms with Gasteiger partial charge in [-0.3, -0.25) is 4.79 Å². The van der Waals surface area contributed by atoms with E-state index < -0.39 is 0 Å². The van der Waals surface area contributed by atoms with E-state index in [-0.39, 0.29) is 11.7 Å². The maximum Gasteiger partial charge on any atom is 0.227 e. The molecule has 0 bridgehead atoms. The van der Waals surface area contributed by atoms with Gasteiger partial charge < -0.3 is 15.2 Å². The minimum Gasteiger partial charge on any atom is -0.361 e. The fraction of sp³-hybridized carbons (Fsp3) is 0.526. The molecule has 2 N–H and O–H groups in total. The van der Waals surface area contributed by atoms with Crippen LogP contribution in [0.5, 0.6) is 0 Å². The molecule has 1 atom stereocenters. The Labute approximate surface area is 141 Å². The number of aromatic amines is 1. The average Bonchev–Trinajstić information content (AvgIpc) is 3.25. The van der Waals surface area contributed by atoms with Gasteiger partial charge in [-0.05, 0) is 68.0 Å². The molecular formula is C19H24FN3O. The molecule has 2 aliphatic rings. The highest BCUT2D eigenvalue weighted by Gasteiger charge is 2.30. The number of nitrogens with one attached hydrogen (secondary N) is 2. The van der Waals surface area contributed by atoms with Crippen LogP contribution >= 0.6 is 0 Å². The van der Waals surface area contributed by atoms with Gasteiger partial charge in [-0.1, -0.05) is 0 Å². The van der Waals surface area contributed by atoms with Crippen LogP contribution in [-0.4, -0.2) is 42.0 Å². The van der Waals surface area contributed by atoms with Gasteiger partial charge in [-0.2, -0.15) is 0 Å². The third-order valence-electron chi connectivity index (χ3n) is 5.73. The van der Waals surface area contributed by atoms with Crippen molar-refractivity contribution >= 4 is 16.8 Å². The highest BCUT2D eigenvalue weighted by Crippen LogP contribution is 2.29. The number of hydrogen-bond donors (Lipinski definition) is 2. The van der Waals surface area contributed by atoms with E-state index in [0.717, 1.165) is 67.3 Å². The summed E-state index contributed by atoms with van der Waals surface area (Å²) in [7, 11) is 0. The summed E-state index contributed by atoms with van der Waals surface area (Å²) in [6.07, 6.45) is 5.75. The maximum absolute atomic E-state index is 13.3. The Hall–Kier alpha value is -1.88. The topological polar surface area (TPSA) is 48.1 Å². The molecule has 1 aromatic carbocycles. The molecule has 4 nitrogen and oxygen atoms in total. The van der Waals surface area contributed by atoms with Crippen molar-refractivity contribution in [1.29, 1.82) is 0 Å². The highest BCUT2D eigenvalue weighted by atomic mass is 19.1. The SMILES string of the molecule is O=C(Cc1c[nH]c2cc(F)ccc12)N1CCC(C2CCNC2)CC1. The summed E-state index contributed by atoms with van der Waals surface area (Å²) >= 11 is 0. The minimum atomic E-state index is -0.259. The number of likely N-dealkylation sites (tertiary alicyclic amines) is 1. The van der Waals surface area contributed by atoms with Gasteiger partial charge in [0, 0.05) is 30.2 Å². The zero-order chi connectivity index (χ0) is 16.5. The lowest BCUT2D eigenvalue weighted by atomic mass is 9.83. The van der Waals surface area contributed by atoms with E-state index in [1.54, 1.807) is 6.07 Å². The molecule has 0 saturated carbocycles. The van der Waals surface area contributed by atoms with Gasteiger partial charge in [0.1, 0.15) is 5.82 Å². The van der Waals surface area contributed by atoms with Crippen LogP contribution in [0.15, 0.2) is 24.4 Å². The Kier molecular flexibility index (Phi) is 4.27. The third kappa shape index (κ3) is 3.05. The molecule has 2 aromatic rings. The second-order valence-corrected chi connectivity index (χ2v) is 7.15. The Morgan fingerprint density at radius 2 is 2.04 bits per heavy atom. The molecule has 0 aliphatic carbocycles. The van der Waals surface area contributed by atoms with E-state index in [1.807, 2.05) is 11.1 Å². The number of benzene rings is 1. The highest BCUT2D eigenvalue weighted by molar-refractivity contribution is 5.89. The zero-order valence-corrected chi connectivity index (χ0v) is 13.9. The Balaban J connectivity index is 1.37. The van der Waals surface area contributed by atoms with Crippen molar-refractivity contribution < 1.29 is 9.18 Å². The van der Waals surface area contributed by atoms with Crippen molar-refractivity contribution in [2.45, 2.75) is 25.7 Å². The average molecular weight is 329 g/mol. The zero-order valence-electron chi connectivity index (χ0n) is 13.9. The van der Waals surface area contributed by atoms with Gasteiger partial charge in [0.25, 0.3) is 0 Å². The van der Waals surface area contributed by atoms with Gasteiger partial charge in [-0.15, -0.1) is 0 Å². The largest absolute Gasteiger partial charge is 0.361 e. The number of rotatable bonds is 3. The number of hydrogen-bond acceptors (Lipinski definition) is 2. The number of H-pyrrole nitrogens is 1. The van der Waals surface area contributed by atoms with Crippen LogP contribution in [0.1, 0.15) is 24.8 Å². The summed E-state index contributed by atoms with van der Waals surface area (Å²) in [5, 5.41) is 4.38. The summed E-state index contributed by atoms with van der Waals surface area (Å²) < 4.78 is 13.3. The molecule has 4 rings (SSSR count). The van der Waals surface area contributed by atoms with E-state index in [4.69, 9.17) is 0 Å². The standard InChI is InChI=1S/C19H24FN3O/c20-16-1-2-17-15(12-22-18(17)10-16)9-19(24)23-7-4-13(5-8-23)14-3-6-21-11-14/h1-2,10,12-14,21-22H,3-9,11H2. The van der Waals surface area contributed by atoms with Gasteiger partial charge in [0.15, 0.2) is 0 Å². The number of aromatic nitrogens is 1. The Bertz CT molecular complexity index is 727. The van der Waals surface area contributed by atoms with Gasteiger partial charge in [-0.25, -0.2) is 4.39 Å². The number of fused-ring (bicyclic) bond motifs is 1. The van der Waals surface area contributed by atoms with Crippen molar-refractivity contribution in [1.82, 2.24) is 15.2 Å². The van der Waals surface area contributed by atoms with Gasteiger partial charge in [0.05, 0.1) is 6.42 Å². The second-order valence-electron chi connectivity index (χ2n) is 7.15. The summed E-state index contributed by atoms with van der Waals surface area (Å²) in [6.45, 7) is 4.03. The molecule has 24 heavy (non-hydrogen) atoms. The molecule has 128 valence electrons. The summed E-state index contributed by atoms with van der Waals surface area (Å²) in [4.78, 5) is 17.7. The molecule has 1 unspecified atom stereocenters. The summed E-state index contributed by atoms with van der Waals surface area (Å²) in [5.74, 6) is 1.49. The summed E-state index contributed by atoms with van der Waals surface area (Å²) in [6, 6.07) is 4.68. The van der Waals surface area contributed by atoms with Crippen LogP contribution in [0, 0.1) is 17.7 Å². The lowest BCUT2D eigenvalue weighted by Crippen LogP contribution is -2.41. The number of amides is 1. The van der Waals surface area contributed by atoms with E-state index >= 15 is 0 Å². The first kappa shape index (κ1) is 15.6.